The lowest BCUT2D eigenvalue weighted by Crippen LogP contribution is -2.35. The molecule has 2 aromatic rings. The fraction of sp³-hybridized carbons (Fsp3) is 0.409. The highest BCUT2D eigenvalue weighted by Gasteiger charge is 2.47. The van der Waals surface area contributed by atoms with Gasteiger partial charge in [0.15, 0.2) is 0 Å². The molecule has 2 aromatic carbocycles. The Morgan fingerprint density at radius 2 is 1.89 bits per heavy atom. The van der Waals surface area contributed by atoms with E-state index in [1.54, 1.807) is 7.11 Å². The fourth-order valence-corrected chi connectivity index (χ4v) is 4.62. The molecule has 2 heterocycles. The molecule has 4 rings (SSSR count). The van der Waals surface area contributed by atoms with E-state index in [0.717, 1.165) is 36.5 Å². The molecule has 2 fully saturated rings. The Morgan fingerprint density at radius 1 is 1.11 bits per heavy atom. The quantitative estimate of drug-likeness (QED) is 0.873. The third-order valence-electron chi connectivity index (χ3n) is 5.97. The Labute approximate surface area is 167 Å². The second kappa shape index (κ2) is 7.91. The van der Waals surface area contributed by atoms with Crippen LogP contribution in [0.3, 0.4) is 0 Å². The van der Waals surface area contributed by atoms with Crippen molar-refractivity contribution in [3.63, 3.8) is 0 Å². The molecule has 2 saturated heterocycles. The molecule has 0 aromatic heterocycles. The van der Waals surface area contributed by atoms with Crippen LogP contribution in [0, 0.1) is 25.7 Å². The first kappa shape index (κ1) is 19.7. The van der Waals surface area contributed by atoms with E-state index >= 15 is 0 Å². The number of amides is 1. The molecule has 1 N–H and O–H groups in total. The minimum absolute atomic E-state index is 0. The van der Waals surface area contributed by atoms with Crippen molar-refractivity contribution in [3.05, 3.63) is 64.7 Å². The number of ether oxygens (including phenoxy) is 1. The molecular formula is C22H27ClN2O2. The number of rotatable bonds is 3. The first-order valence-electron chi connectivity index (χ1n) is 9.32. The van der Waals surface area contributed by atoms with Gasteiger partial charge < -0.3 is 15.0 Å². The Hall–Kier alpha value is -2.04. The number of aryl methyl sites for hydroxylation is 2. The van der Waals surface area contributed by atoms with Crippen molar-refractivity contribution in [1.82, 2.24) is 10.2 Å². The van der Waals surface area contributed by atoms with Crippen LogP contribution in [-0.2, 0) is 0 Å². The van der Waals surface area contributed by atoms with Crippen molar-refractivity contribution in [3.8, 4) is 5.75 Å². The second-order valence-electron chi connectivity index (χ2n) is 7.53. The maximum absolute atomic E-state index is 13.4. The zero-order valence-electron chi connectivity index (χ0n) is 16.1. The molecule has 144 valence electrons. The molecule has 27 heavy (non-hydrogen) atoms. The van der Waals surface area contributed by atoms with E-state index in [-0.39, 0.29) is 24.4 Å². The molecule has 0 spiro atoms. The Morgan fingerprint density at radius 3 is 2.59 bits per heavy atom. The lowest BCUT2D eigenvalue weighted by atomic mass is 9.87. The number of methoxy groups -OCH3 is 1. The number of halogens is 1. The van der Waals surface area contributed by atoms with Crippen LogP contribution in [0.2, 0.25) is 0 Å². The summed E-state index contributed by atoms with van der Waals surface area (Å²) < 4.78 is 5.34. The van der Waals surface area contributed by atoms with Gasteiger partial charge in [-0.15, -0.1) is 12.4 Å². The molecule has 0 aliphatic carbocycles. The molecule has 3 atom stereocenters. The maximum Gasteiger partial charge on any atom is 0.254 e. The monoisotopic (exact) mass is 386 g/mol. The maximum atomic E-state index is 13.4. The normalized spacial score (nSPS) is 23.7. The number of carbonyl (C=O) groups is 1. The first-order chi connectivity index (χ1) is 12.6. The minimum atomic E-state index is 0. The van der Waals surface area contributed by atoms with Crippen LogP contribution in [0.25, 0.3) is 0 Å². The zero-order valence-corrected chi connectivity index (χ0v) is 16.9. The van der Waals surface area contributed by atoms with Gasteiger partial charge in [0.05, 0.1) is 13.2 Å². The van der Waals surface area contributed by atoms with Crippen LogP contribution >= 0.6 is 12.4 Å². The van der Waals surface area contributed by atoms with Crippen molar-refractivity contribution in [1.29, 1.82) is 0 Å². The van der Waals surface area contributed by atoms with Gasteiger partial charge in [-0.3, -0.25) is 4.79 Å². The Kier molecular flexibility index (Phi) is 5.78. The number of hydrogen-bond acceptors (Lipinski definition) is 3. The van der Waals surface area contributed by atoms with E-state index in [1.807, 2.05) is 25.1 Å². The van der Waals surface area contributed by atoms with E-state index in [0.29, 0.717) is 11.8 Å². The molecule has 1 amide bonds. The third kappa shape index (κ3) is 3.44. The summed E-state index contributed by atoms with van der Waals surface area (Å²) in [4.78, 5) is 15.5. The molecule has 2 aliphatic heterocycles. The highest BCUT2D eigenvalue weighted by Crippen LogP contribution is 2.44. The van der Waals surface area contributed by atoms with E-state index < -0.39 is 0 Å². The van der Waals surface area contributed by atoms with E-state index in [9.17, 15) is 4.79 Å². The topological polar surface area (TPSA) is 41.6 Å². The molecule has 0 bridgehead atoms. The third-order valence-corrected chi connectivity index (χ3v) is 5.97. The molecule has 5 heteroatoms. The fourth-order valence-electron chi connectivity index (χ4n) is 4.62. The molecule has 0 saturated carbocycles. The van der Waals surface area contributed by atoms with Gasteiger partial charge in [-0.2, -0.15) is 0 Å². The molecule has 4 nitrogen and oxygen atoms in total. The summed E-state index contributed by atoms with van der Waals surface area (Å²) in [5.74, 6) is 1.96. The van der Waals surface area contributed by atoms with Gasteiger partial charge in [-0.05, 0) is 54.7 Å². The van der Waals surface area contributed by atoms with Gasteiger partial charge in [0.25, 0.3) is 5.91 Å². The number of likely N-dealkylation sites (tertiary alicyclic amines) is 1. The van der Waals surface area contributed by atoms with Gasteiger partial charge in [-0.1, -0.05) is 24.3 Å². The predicted molar refractivity (Wildman–Crippen MR) is 110 cm³/mol. The average Bonchev–Trinajstić information content (AvgIpc) is 3.23. The zero-order chi connectivity index (χ0) is 18.3. The van der Waals surface area contributed by atoms with Gasteiger partial charge in [-0.25, -0.2) is 0 Å². The number of benzene rings is 2. The van der Waals surface area contributed by atoms with Gasteiger partial charge in [0.1, 0.15) is 5.75 Å². The molecule has 0 radical (unpaired) electrons. The molecule has 0 unspecified atom stereocenters. The lowest BCUT2D eigenvalue weighted by molar-refractivity contribution is 0.0713. The predicted octanol–water partition coefficient (Wildman–Crippen LogP) is 3.77. The van der Waals surface area contributed by atoms with Crippen molar-refractivity contribution in [2.24, 2.45) is 11.8 Å². The van der Waals surface area contributed by atoms with E-state index in [4.69, 9.17) is 4.74 Å². The van der Waals surface area contributed by atoms with Crippen LogP contribution in [0.15, 0.2) is 42.5 Å². The minimum Gasteiger partial charge on any atom is -0.496 e. The number of nitrogens with one attached hydrogen (secondary N) is 1. The summed E-state index contributed by atoms with van der Waals surface area (Å²) in [5.41, 5.74) is 4.28. The van der Waals surface area contributed by atoms with E-state index in [1.165, 1.54) is 11.1 Å². The standard InChI is InChI=1S/C22H26N2O2.ClH/c1-14-6-4-5-7-18(14)21-19-12-23-11-17(19)13-24(21)22(25)16-8-9-20(26-3)15(2)10-16;/h4-10,17,19,21,23H,11-13H2,1-3H3;1H/t17-,19-,21+;/m0./s1. The highest BCUT2D eigenvalue weighted by atomic mass is 35.5. The van der Waals surface area contributed by atoms with Crippen LogP contribution in [-0.4, -0.2) is 37.6 Å². The summed E-state index contributed by atoms with van der Waals surface area (Å²) in [5, 5.41) is 3.51. The van der Waals surface area contributed by atoms with Crippen LogP contribution in [0.1, 0.15) is 33.1 Å². The second-order valence-corrected chi connectivity index (χ2v) is 7.53. The van der Waals surface area contributed by atoms with Crippen molar-refractivity contribution < 1.29 is 9.53 Å². The smallest absolute Gasteiger partial charge is 0.254 e. The molecule has 2 aliphatic rings. The summed E-state index contributed by atoms with van der Waals surface area (Å²) in [6, 6.07) is 14.3. The average molecular weight is 387 g/mol. The van der Waals surface area contributed by atoms with Crippen molar-refractivity contribution >= 4 is 18.3 Å². The Bertz CT molecular complexity index is 839. The van der Waals surface area contributed by atoms with Crippen LogP contribution in [0.5, 0.6) is 5.75 Å². The Balaban J connectivity index is 0.00000210. The van der Waals surface area contributed by atoms with Gasteiger partial charge in [0, 0.05) is 31.1 Å². The number of fused-ring (bicyclic) bond motifs is 1. The van der Waals surface area contributed by atoms with Gasteiger partial charge in [0.2, 0.25) is 0 Å². The number of carbonyl (C=O) groups excluding carboxylic acids is 1. The van der Waals surface area contributed by atoms with Gasteiger partial charge >= 0.3 is 0 Å². The van der Waals surface area contributed by atoms with Crippen molar-refractivity contribution in [2.45, 2.75) is 19.9 Å². The van der Waals surface area contributed by atoms with Crippen molar-refractivity contribution in [2.75, 3.05) is 26.7 Å². The van der Waals surface area contributed by atoms with Crippen LogP contribution in [0.4, 0.5) is 0 Å². The number of hydrogen-bond donors (Lipinski definition) is 1. The lowest BCUT2D eigenvalue weighted by Gasteiger charge is -2.30. The number of nitrogens with zero attached hydrogens (tertiary/aromatic N) is 1. The highest BCUT2D eigenvalue weighted by molar-refractivity contribution is 5.95. The first-order valence-corrected chi connectivity index (χ1v) is 9.32. The summed E-state index contributed by atoms with van der Waals surface area (Å²) >= 11 is 0. The largest absolute Gasteiger partial charge is 0.496 e. The van der Waals surface area contributed by atoms with Crippen LogP contribution < -0.4 is 10.1 Å². The summed E-state index contributed by atoms with van der Waals surface area (Å²) in [6.07, 6.45) is 0. The van der Waals surface area contributed by atoms with E-state index in [2.05, 4.69) is 41.4 Å². The molecular weight excluding hydrogens is 360 g/mol. The summed E-state index contributed by atoms with van der Waals surface area (Å²) in [7, 11) is 1.66. The summed E-state index contributed by atoms with van der Waals surface area (Å²) in [6.45, 7) is 6.93. The SMILES string of the molecule is COc1ccc(C(=O)N2C[C@@H]3CNC[C@@H]3[C@H]2c2ccccc2C)cc1C.Cl.